The Bertz CT molecular complexity index is 666. The summed E-state index contributed by atoms with van der Waals surface area (Å²) in [7, 11) is 0. The van der Waals surface area contributed by atoms with Crippen LogP contribution in [-0.2, 0) is 28.8 Å². The van der Waals surface area contributed by atoms with Crippen LogP contribution in [0.25, 0.3) is 0 Å². The van der Waals surface area contributed by atoms with E-state index in [1.807, 2.05) is 5.32 Å². The largest absolute Gasteiger partial charge is 0.481 e. The van der Waals surface area contributed by atoms with Gasteiger partial charge in [0, 0.05) is 12.8 Å². The molecule has 0 heterocycles. The van der Waals surface area contributed by atoms with Crippen LogP contribution in [0.15, 0.2) is 0 Å². The van der Waals surface area contributed by atoms with Gasteiger partial charge in [-0.2, -0.15) is 0 Å². The van der Waals surface area contributed by atoms with Gasteiger partial charge in [-0.1, -0.05) is 0 Å². The standard InChI is InChI=1S/C16H26N4O10/c1-7(21)13(20-14(27)8(17)2-4-11(23)24)15(28)18-6-10(22)19-9(16(29)30)3-5-12(25)26/h7-9,13,21H,2-6,17H2,1H3,(H,18,28)(H,19,22)(H,20,27)(H,23,24)(H,25,26)(H,29,30)/t7-,8+,9+,13+/m1/s1. The Hall–Kier alpha value is -3.26. The highest BCUT2D eigenvalue weighted by molar-refractivity contribution is 5.93. The van der Waals surface area contributed by atoms with Crippen LogP contribution >= 0.6 is 0 Å². The smallest absolute Gasteiger partial charge is 0.326 e. The lowest BCUT2D eigenvalue weighted by Crippen LogP contribution is -2.57. The number of hydrogen-bond acceptors (Lipinski definition) is 8. The first-order valence-electron chi connectivity index (χ1n) is 8.82. The van der Waals surface area contributed by atoms with Gasteiger partial charge in [-0.15, -0.1) is 0 Å². The summed E-state index contributed by atoms with van der Waals surface area (Å²) in [5.41, 5.74) is 5.52. The van der Waals surface area contributed by atoms with Crippen molar-refractivity contribution in [3.63, 3.8) is 0 Å². The van der Waals surface area contributed by atoms with Gasteiger partial charge in [0.15, 0.2) is 0 Å². The van der Waals surface area contributed by atoms with Crippen molar-refractivity contribution in [1.82, 2.24) is 16.0 Å². The zero-order valence-electron chi connectivity index (χ0n) is 16.2. The monoisotopic (exact) mass is 434 g/mol. The molecule has 4 atom stereocenters. The minimum Gasteiger partial charge on any atom is -0.481 e. The lowest BCUT2D eigenvalue weighted by atomic mass is 10.1. The molecule has 0 bridgehead atoms. The number of aliphatic hydroxyl groups is 1. The van der Waals surface area contributed by atoms with Crippen molar-refractivity contribution in [2.24, 2.45) is 5.73 Å². The van der Waals surface area contributed by atoms with Gasteiger partial charge >= 0.3 is 17.9 Å². The molecule has 0 aliphatic rings. The van der Waals surface area contributed by atoms with Crippen LogP contribution in [0.4, 0.5) is 0 Å². The average molecular weight is 434 g/mol. The molecule has 0 rings (SSSR count). The Morgan fingerprint density at radius 1 is 0.867 bits per heavy atom. The molecule has 0 aromatic rings. The van der Waals surface area contributed by atoms with Crippen molar-refractivity contribution in [2.75, 3.05) is 6.54 Å². The fraction of sp³-hybridized carbons (Fsp3) is 0.625. The summed E-state index contributed by atoms with van der Waals surface area (Å²) in [6.45, 7) is 0.472. The van der Waals surface area contributed by atoms with Crippen molar-refractivity contribution < 1.29 is 49.2 Å². The molecule has 0 aromatic heterocycles. The highest BCUT2D eigenvalue weighted by atomic mass is 16.4. The number of carboxylic acid groups (broad SMARTS) is 3. The van der Waals surface area contributed by atoms with E-state index in [1.54, 1.807) is 0 Å². The van der Waals surface area contributed by atoms with Crippen molar-refractivity contribution >= 4 is 35.6 Å². The Balaban J connectivity index is 4.74. The van der Waals surface area contributed by atoms with Crippen LogP contribution in [0.1, 0.15) is 32.6 Å². The van der Waals surface area contributed by atoms with Gasteiger partial charge in [-0.25, -0.2) is 4.79 Å². The van der Waals surface area contributed by atoms with Gasteiger partial charge in [0.2, 0.25) is 17.7 Å². The van der Waals surface area contributed by atoms with Crippen LogP contribution in [0.3, 0.4) is 0 Å². The van der Waals surface area contributed by atoms with Crippen molar-refractivity contribution in [3.05, 3.63) is 0 Å². The number of carboxylic acids is 3. The van der Waals surface area contributed by atoms with Crippen LogP contribution in [0, 0.1) is 0 Å². The van der Waals surface area contributed by atoms with E-state index < -0.39 is 72.8 Å². The zero-order chi connectivity index (χ0) is 23.4. The number of nitrogens with one attached hydrogen (secondary N) is 3. The molecule has 14 nitrogen and oxygen atoms in total. The second kappa shape index (κ2) is 13.1. The van der Waals surface area contributed by atoms with Gasteiger partial charge in [0.05, 0.1) is 18.7 Å². The predicted octanol–water partition coefficient (Wildman–Crippen LogP) is -3.41. The number of hydrogen-bond donors (Lipinski definition) is 8. The highest BCUT2D eigenvalue weighted by Crippen LogP contribution is 2.00. The van der Waals surface area contributed by atoms with E-state index in [2.05, 4.69) is 10.6 Å². The summed E-state index contributed by atoms with van der Waals surface area (Å²) in [4.78, 5) is 68.0. The first-order valence-corrected chi connectivity index (χ1v) is 8.82. The summed E-state index contributed by atoms with van der Waals surface area (Å²) >= 11 is 0. The first-order chi connectivity index (χ1) is 13.8. The average Bonchev–Trinajstić information content (AvgIpc) is 2.64. The molecule has 0 saturated carbocycles. The number of aliphatic carboxylic acids is 3. The van der Waals surface area contributed by atoms with Gasteiger partial charge < -0.3 is 42.1 Å². The SMILES string of the molecule is C[C@@H](O)[C@H](NC(=O)[C@@H](N)CCC(=O)O)C(=O)NCC(=O)N[C@@H](CCC(=O)O)C(=O)O. The Kier molecular flexibility index (Phi) is 11.6. The van der Waals surface area contributed by atoms with Crippen molar-refractivity contribution in [1.29, 1.82) is 0 Å². The van der Waals surface area contributed by atoms with Crippen molar-refractivity contribution in [2.45, 2.75) is 56.8 Å². The molecule has 14 heteroatoms. The molecular formula is C16H26N4O10. The van der Waals surface area contributed by atoms with E-state index in [0.29, 0.717) is 0 Å². The number of rotatable bonds is 14. The molecule has 0 radical (unpaired) electrons. The second-order valence-corrected chi connectivity index (χ2v) is 6.37. The molecular weight excluding hydrogens is 408 g/mol. The van der Waals surface area contributed by atoms with Gasteiger partial charge in [-0.3, -0.25) is 24.0 Å². The fourth-order valence-corrected chi connectivity index (χ4v) is 2.12. The summed E-state index contributed by atoms with van der Waals surface area (Å²) in [6, 6.07) is -4.24. The lowest BCUT2D eigenvalue weighted by Gasteiger charge is -2.22. The third-order valence-corrected chi connectivity index (χ3v) is 3.77. The first kappa shape index (κ1) is 26.7. The van der Waals surface area contributed by atoms with Crippen LogP contribution in [0.2, 0.25) is 0 Å². The zero-order valence-corrected chi connectivity index (χ0v) is 16.2. The summed E-state index contributed by atoms with van der Waals surface area (Å²) in [6.07, 6.45) is -2.85. The Labute approximate surface area is 170 Å². The van der Waals surface area contributed by atoms with Crippen LogP contribution < -0.4 is 21.7 Å². The number of nitrogens with two attached hydrogens (primary N) is 1. The molecule has 0 spiro atoms. The summed E-state index contributed by atoms with van der Waals surface area (Å²) in [5, 5.41) is 42.1. The molecule has 0 saturated heterocycles. The molecule has 0 unspecified atom stereocenters. The molecule has 3 amide bonds. The second-order valence-electron chi connectivity index (χ2n) is 6.37. The normalized spacial score (nSPS) is 14.5. The molecule has 0 aromatic carbocycles. The highest BCUT2D eigenvalue weighted by Gasteiger charge is 2.28. The van der Waals surface area contributed by atoms with E-state index in [0.717, 1.165) is 0 Å². The Morgan fingerprint density at radius 3 is 1.87 bits per heavy atom. The van der Waals surface area contributed by atoms with E-state index >= 15 is 0 Å². The number of carbonyl (C=O) groups is 6. The topological polar surface area (TPSA) is 245 Å². The number of aliphatic hydroxyl groups excluding tert-OH is 1. The van der Waals surface area contributed by atoms with Gasteiger partial charge in [0.25, 0.3) is 0 Å². The Morgan fingerprint density at radius 2 is 1.40 bits per heavy atom. The molecule has 0 fully saturated rings. The van der Waals surface area contributed by atoms with Gasteiger partial charge in [-0.05, 0) is 19.8 Å². The lowest BCUT2D eigenvalue weighted by molar-refractivity contribution is -0.143. The molecule has 30 heavy (non-hydrogen) atoms. The number of amides is 3. The van der Waals surface area contributed by atoms with E-state index in [1.165, 1.54) is 6.92 Å². The maximum atomic E-state index is 12.2. The molecule has 0 aliphatic heterocycles. The summed E-state index contributed by atoms with van der Waals surface area (Å²) in [5.74, 6) is -6.67. The van der Waals surface area contributed by atoms with Crippen LogP contribution in [0.5, 0.6) is 0 Å². The fourth-order valence-electron chi connectivity index (χ4n) is 2.12. The molecule has 170 valence electrons. The maximum Gasteiger partial charge on any atom is 0.326 e. The van der Waals surface area contributed by atoms with Crippen LogP contribution in [-0.4, -0.2) is 86.8 Å². The van der Waals surface area contributed by atoms with Crippen molar-refractivity contribution in [3.8, 4) is 0 Å². The molecule has 0 aliphatic carbocycles. The minimum atomic E-state index is -1.51. The predicted molar refractivity (Wildman–Crippen MR) is 97.9 cm³/mol. The van der Waals surface area contributed by atoms with E-state index in [4.69, 9.17) is 21.1 Å². The molecule has 9 N–H and O–H groups in total. The third-order valence-electron chi connectivity index (χ3n) is 3.77. The van der Waals surface area contributed by atoms with E-state index in [9.17, 15) is 33.9 Å². The number of carbonyl (C=O) groups excluding carboxylic acids is 3. The maximum absolute atomic E-state index is 12.2. The van der Waals surface area contributed by atoms with E-state index in [-0.39, 0.29) is 19.3 Å². The quantitative estimate of drug-likeness (QED) is 0.134. The van der Waals surface area contributed by atoms with Gasteiger partial charge in [0.1, 0.15) is 12.1 Å². The minimum absolute atomic E-state index is 0.204. The summed E-state index contributed by atoms with van der Waals surface area (Å²) < 4.78 is 0. The third kappa shape index (κ3) is 10.9.